The van der Waals surface area contributed by atoms with Crippen molar-refractivity contribution >= 4 is 27.4 Å². The molecule has 26 heavy (non-hydrogen) atoms. The van der Waals surface area contributed by atoms with Gasteiger partial charge in [-0.3, -0.25) is 4.72 Å². The monoisotopic (exact) mass is 383 g/mol. The Hall–Kier alpha value is -3.54. The molecule has 0 radical (unpaired) electrons. The van der Waals surface area contributed by atoms with Gasteiger partial charge in [0.05, 0.1) is 23.4 Å². The number of methoxy groups -OCH3 is 1. The van der Waals surface area contributed by atoms with Crippen LogP contribution in [0.15, 0.2) is 58.4 Å². The SMILES string of the molecule is COc1cccc(NS(=O)(=O)c2cccc(N=C(N)N)c2)c1.O=[N+]([O-])O. The highest BCUT2D eigenvalue weighted by molar-refractivity contribution is 7.92. The summed E-state index contributed by atoms with van der Waals surface area (Å²) in [6.45, 7) is 0. The van der Waals surface area contributed by atoms with E-state index in [1.54, 1.807) is 36.4 Å². The van der Waals surface area contributed by atoms with Crippen LogP contribution >= 0.6 is 0 Å². The number of guanidine groups is 1. The number of aliphatic imine (C=N–C) groups is 1. The van der Waals surface area contributed by atoms with Gasteiger partial charge in [-0.25, -0.2) is 13.4 Å². The smallest absolute Gasteiger partial charge is 0.291 e. The fraction of sp³-hybridized carbons (Fsp3) is 0.0714. The molecule has 0 heterocycles. The number of rotatable bonds is 5. The zero-order valence-electron chi connectivity index (χ0n) is 13.6. The molecule has 6 N–H and O–H groups in total. The van der Waals surface area contributed by atoms with Gasteiger partial charge >= 0.3 is 0 Å². The quantitative estimate of drug-likeness (QED) is 0.255. The maximum atomic E-state index is 12.4. The first-order valence-electron chi connectivity index (χ1n) is 6.84. The molecule has 2 rings (SSSR count). The number of nitrogens with zero attached hydrogens (tertiary/aromatic N) is 2. The van der Waals surface area contributed by atoms with Crippen LogP contribution in [0, 0.1) is 10.1 Å². The molecule has 2 aromatic carbocycles. The van der Waals surface area contributed by atoms with Crippen LogP contribution in [-0.2, 0) is 10.0 Å². The lowest BCUT2D eigenvalue weighted by Crippen LogP contribution is -2.22. The van der Waals surface area contributed by atoms with Gasteiger partial charge in [0.25, 0.3) is 15.1 Å². The highest BCUT2D eigenvalue weighted by Crippen LogP contribution is 2.23. The molecular formula is C14H17N5O6S. The average Bonchev–Trinajstić information content (AvgIpc) is 2.54. The van der Waals surface area contributed by atoms with E-state index in [9.17, 15) is 8.42 Å². The molecule has 12 heteroatoms. The van der Waals surface area contributed by atoms with Gasteiger partial charge in [0.1, 0.15) is 5.75 Å². The topological polar surface area (TPSA) is 183 Å². The molecule has 2 aromatic rings. The van der Waals surface area contributed by atoms with E-state index in [0.717, 1.165) is 0 Å². The summed E-state index contributed by atoms with van der Waals surface area (Å²) in [5, 5.41) is 13.6. The van der Waals surface area contributed by atoms with Crippen molar-refractivity contribution in [1.29, 1.82) is 0 Å². The number of sulfonamides is 1. The number of nitrogens with one attached hydrogen (secondary N) is 1. The van der Waals surface area contributed by atoms with Crippen LogP contribution in [0.1, 0.15) is 0 Å². The van der Waals surface area contributed by atoms with E-state index in [0.29, 0.717) is 17.1 Å². The van der Waals surface area contributed by atoms with Crippen molar-refractivity contribution in [3.05, 3.63) is 58.6 Å². The maximum Gasteiger partial charge on any atom is 0.291 e. The molecule has 0 amide bonds. The molecule has 0 aliphatic heterocycles. The summed E-state index contributed by atoms with van der Waals surface area (Å²) >= 11 is 0. The molecule has 140 valence electrons. The first-order chi connectivity index (χ1) is 12.1. The number of nitrogens with two attached hydrogens (primary N) is 2. The summed E-state index contributed by atoms with van der Waals surface area (Å²) in [4.78, 5) is 12.2. The van der Waals surface area contributed by atoms with Gasteiger partial charge in [0.2, 0.25) is 0 Å². The van der Waals surface area contributed by atoms with Crippen molar-refractivity contribution in [3.63, 3.8) is 0 Å². The Bertz CT molecular complexity index is 892. The second-order valence-corrected chi connectivity index (χ2v) is 6.29. The molecule has 0 saturated heterocycles. The molecular weight excluding hydrogens is 366 g/mol. The Labute approximate surface area is 149 Å². The van der Waals surface area contributed by atoms with Gasteiger partial charge in [-0.05, 0) is 30.3 Å². The van der Waals surface area contributed by atoms with E-state index in [1.165, 1.54) is 19.2 Å². The summed E-state index contributed by atoms with van der Waals surface area (Å²) < 4.78 is 32.3. The molecule has 0 aliphatic rings. The second-order valence-electron chi connectivity index (χ2n) is 4.61. The first kappa shape index (κ1) is 20.5. The fourth-order valence-electron chi connectivity index (χ4n) is 1.77. The zero-order valence-corrected chi connectivity index (χ0v) is 14.4. The van der Waals surface area contributed by atoms with Gasteiger partial charge in [-0.2, -0.15) is 0 Å². The van der Waals surface area contributed by atoms with Crippen molar-refractivity contribution in [2.45, 2.75) is 4.90 Å². The molecule has 0 aliphatic carbocycles. The van der Waals surface area contributed by atoms with Crippen LogP contribution in [-0.4, -0.2) is 31.8 Å². The maximum absolute atomic E-state index is 12.4. The van der Waals surface area contributed by atoms with Crippen LogP contribution in [0.25, 0.3) is 0 Å². The fourth-order valence-corrected chi connectivity index (χ4v) is 2.86. The van der Waals surface area contributed by atoms with Crippen LogP contribution in [0.5, 0.6) is 5.75 Å². The van der Waals surface area contributed by atoms with Crippen LogP contribution < -0.4 is 20.9 Å². The lowest BCUT2D eigenvalue weighted by molar-refractivity contribution is -0.742. The van der Waals surface area contributed by atoms with E-state index >= 15 is 0 Å². The number of anilines is 1. The predicted octanol–water partition coefficient (Wildman–Crippen LogP) is 1.05. The van der Waals surface area contributed by atoms with E-state index in [-0.39, 0.29) is 10.9 Å². The lowest BCUT2D eigenvalue weighted by Gasteiger charge is -2.09. The van der Waals surface area contributed by atoms with Crippen LogP contribution in [0.4, 0.5) is 11.4 Å². The van der Waals surface area contributed by atoms with Gasteiger partial charge in [-0.15, -0.1) is 10.1 Å². The van der Waals surface area contributed by atoms with Gasteiger partial charge < -0.3 is 21.4 Å². The third-order valence-electron chi connectivity index (χ3n) is 2.71. The standard InChI is InChI=1S/C14H16N4O3S.HNO3/c1-21-12-6-2-5-11(8-12)18-22(19,20)13-7-3-4-10(9-13)17-14(15)16;2-1(3)4/h2-9,18H,1H3,(H4,15,16,17);(H,2,3,4). The summed E-state index contributed by atoms with van der Waals surface area (Å²) in [5.74, 6) is 0.407. The summed E-state index contributed by atoms with van der Waals surface area (Å²) in [6, 6.07) is 12.6. The predicted molar refractivity (Wildman–Crippen MR) is 94.5 cm³/mol. The molecule has 0 spiro atoms. The van der Waals surface area contributed by atoms with Crippen molar-refractivity contribution < 1.29 is 23.4 Å². The van der Waals surface area contributed by atoms with Gasteiger partial charge in [0, 0.05) is 6.07 Å². The van der Waals surface area contributed by atoms with Crippen molar-refractivity contribution in [2.24, 2.45) is 16.5 Å². The van der Waals surface area contributed by atoms with Gasteiger partial charge in [-0.1, -0.05) is 12.1 Å². The molecule has 11 nitrogen and oxygen atoms in total. The number of ether oxygens (including phenoxy) is 1. The normalized spacial score (nSPS) is 10.0. The highest BCUT2D eigenvalue weighted by Gasteiger charge is 2.15. The highest BCUT2D eigenvalue weighted by atomic mass is 32.2. The lowest BCUT2D eigenvalue weighted by atomic mass is 10.3. The molecule has 0 unspecified atom stereocenters. The summed E-state index contributed by atoms with van der Waals surface area (Å²) in [7, 11) is -2.25. The molecule has 0 aromatic heterocycles. The molecule has 0 bridgehead atoms. The minimum absolute atomic E-state index is 0.0535. The molecule has 0 atom stereocenters. The van der Waals surface area contributed by atoms with E-state index < -0.39 is 15.1 Å². The average molecular weight is 383 g/mol. The first-order valence-corrected chi connectivity index (χ1v) is 8.32. The van der Waals surface area contributed by atoms with Crippen molar-refractivity contribution in [1.82, 2.24) is 0 Å². The van der Waals surface area contributed by atoms with Crippen molar-refractivity contribution in [3.8, 4) is 5.75 Å². The van der Waals surface area contributed by atoms with E-state index in [4.69, 9.17) is 31.5 Å². The Kier molecular flexibility index (Phi) is 7.16. The van der Waals surface area contributed by atoms with Crippen molar-refractivity contribution in [2.75, 3.05) is 11.8 Å². The minimum atomic E-state index is -3.75. The minimum Gasteiger partial charge on any atom is -0.497 e. The van der Waals surface area contributed by atoms with Gasteiger partial charge in [0.15, 0.2) is 5.96 Å². The van der Waals surface area contributed by atoms with Crippen LogP contribution in [0.2, 0.25) is 0 Å². The number of hydrogen-bond acceptors (Lipinski definition) is 6. The number of benzene rings is 2. The van der Waals surface area contributed by atoms with E-state index in [1.807, 2.05) is 0 Å². The second kappa shape index (κ2) is 9.08. The van der Waals surface area contributed by atoms with Crippen LogP contribution in [0.3, 0.4) is 0 Å². The third-order valence-corrected chi connectivity index (χ3v) is 4.09. The zero-order chi connectivity index (χ0) is 19.7. The third kappa shape index (κ3) is 6.92. The Balaban J connectivity index is 0.000000765. The summed E-state index contributed by atoms with van der Waals surface area (Å²) in [5.41, 5.74) is 11.3. The Morgan fingerprint density at radius 1 is 1.23 bits per heavy atom. The Morgan fingerprint density at radius 2 is 1.85 bits per heavy atom. The Morgan fingerprint density at radius 3 is 2.42 bits per heavy atom. The number of hydrogen-bond donors (Lipinski definition) is 4. The summed E-state index contributed by atoms with van der Waals surface area (Å²) in [6.07, 6.45) is 0. The molecule has 0 fully saturated rings. The van der Waals surface area contributed by atoms with E-state index in [2.05, 4.69) is 9.71 Å². The molecule has 0 saturated carbocycles. The largest absolute Gasteiger partial charge is 0.497 e.